The zero-order valence-electron chi connectivity index (χ0n) is 12.7. The number of rotatable bonds is 5. The molecule has 5 heteroatoms. The molecule has 2 rings (SSSR count). The molecule has 1 aromatic rings. The molecule has 0 saturated carbocycles. The third kappa shape index (κ3) is 4.11. The molecule has 1 unspecified atom stereocenters. The summed E-state index contributed by atoms with van der Waals surface area (Å²) in [6.07, 6.45) is 2.06. The Labute approximate surface area is 131 Å². The number of amides is 1. The summed E-state index contributed by atoms with van der Waals surface area (Å²) in [6, 6.07) is 5.44. The number of anilines is 1. The number of hydrogen-bond acceptors (Lipinski definition) is 3. The van der Waals surface area contributed by atoms with Crippen LogP contribution in [0.4, 0.5) is 5.69 Å². The highest BCUT2D eigenvalue weighted by Crippen LogP contribution is 2.23. The van der Waals surface area contributed by atoms with E-state index in [9.17, 15) is 4.79 Å². The predicted octanol–water partition coefficient (Wildman–Crippen LogP) is 3.41. The number of carbonyl (C=O) groups excluding carboxylic acids is 1. The summed E-state index contributed by atoms with van der Waals surface area (Å²) in [4.78, 5) is 14.6. The van der Waals surface area contributed by atoms with Gasteiger partial charge in [-0.15, -0.1) is 0 Å². The van der Waals surface area contributed by atoms with Crippen LogP contribution in [0.1, 0.15) is 37.0 Å². The number of carbonyl (C=O) groups is 1. The number of nitrogens with one attached hydrogen (secondary N) is 1. The average molecular weight is 311 g/mol. The maximum atomic E-state index is 12.8. The van der Waals surface area contributed by atoms with Crippen molar-refractivity contribution in [2.24, 2.45) is 0 Å². The van der Waals surface area contributed by atoms with Crippen LogP contribution in [-0.2, 0) is 4.74 Å². The van der Waals surface area contributed by atoms with Crippen molar-refractivity contribution in [1.29, 1.82) is 0 Å². The fourth-order valence-corrected chi connectivity index (χ4v) is 2.60. The number of halogens is 1. The van der Waals surface area contributed by atoms with E-state index in [0.717, 1.165) is 25.1 Å². The highest BCUT2D eigenvalue weighted by molar-refractivity contribution is 6.31. The fraction of sp³-hybridized carbons (Fsp3) is 0.562. The highest BCUT2D eigenvalue weighted by atomic mass is 35.5. The van der Waals surface area contributed by atoms with Gasteiger partial charge in [-0.25, -0.2) is 0 Å². The maximum Gasteiger partial charge on any atom is 0.256 e. The van der Waals surface area contributed by atoms with Gasteiger partial charge in [0.25, 0.3) is 5.91 Å². The molecule has 1 fully saturated rings. The zero-order valence-corrected chi connectivity index (χ0v) is 13.4. The van der Waals surface area contributed by atoms with Crippen molar-refractivity contribution in [3.63, 3.8) is 0 Å². The Morgan fingerprint density at radius 3 is 3.00 bits per heavy atom. The molecule has 1 aliphatic rings. The van der Waals surface area contributed by atoms with Gasteiger partial charge in [0.05, 0.1) is 18.3 Å². The number of morpholine rings is 1. The Kier molecular flexibility index (Phi) is 5.88. The molecule has 1 heterocycles. The Morgan fingerprint density at radius 2 is 2.29 bits per heavy atom. The highest BCUT2D eigenvalue weighted by Gasteiger charge is 2.25. The molecule has 1 N–H and O–H groups in total. The Morgan fingerprint density at radius 1 is 1.48 bits per heavy atom. The van der Waals surface area contributed by atoms with E-state index in [4.69, 9.17) is 16.3 Å². The van der Waals surface area contributed by atoms with Crippen molar-refractivity contribution in [1.82, 2.24) is 4.90 Å². The molecular formula is C16H23ClN2O2. The summed E-state index contributed by atoms with van der Waals surface area (Å²) in [5.74, 6) is 0.0258. The number of hydrogen-bond donors (Lipinski definition) is 1. The molecule has 1 atom stereocenters. The van der Waals surface area contributed by atoms with Gasteiger partial charge in [-0.1, -0.05) is 25.4 Å². The molecule has 1 aromatic carbocycles. The van der Waals surface area contributed by atoms with E-state index in [0.29, 0.717) is 30.3 Å². The van der Waals surface area contributed by atoms with Crippen LogP contribution in [0.15, 0.2) is 18.2 Å². The number of ether oxygens (including phenoxy) is 1. The largest absolute Gasteiger partial charge is 0.384 e. The predicted molar refractivity (Wildman–Crippen MR) is 86.2 cm³/mol. The summed E-state index contributed by atoms with van der Waals surface area (Å²) in [5, 5.41) is 3.88. The summed E-state index contributed by atoms with van der Waals surface area (Å²) in [5.41, 5.74) is 1.50. The molecule has 0 bridgehead atoms. The smallest absolute Gasteiger partial charge is 0.256 e. The van der Waals surface area contributed by atoms with Crippen molar-refractivity contribution >= 4 is 23.2 Å². The topological polar surface area (TPSA) is 41.6 Å². The average Bonchev–Trinajstić information content (AvgIpc) is 2.53. The minimum absolute atomic E-state index is 0.0258. The first-order valence-electron chi connectivity index (χ1n) is 7.60. The first-order chi connectivity index (χ1) is 10.2. The van der Waals surface area contributed by atoms with E-state index < -0.39 is 0 Å². The van der Waals surface area contributed by atoms with Crippen molar-refractivity contribution < 1.29 is 9.53 Å². The van der Waals surface area contributed by atoms with Gasteiger partial charge in [-0.2, -0.15) is 0 Å². The molecule has 0 spiro atoms. The summed E-state index contributed by atoms with van der Waals surface area (Å²) in [6.45, 7) is 6.89. The first-order valence-corrected chi connectivity index (χ1v) is 7.97. The van der Waals surface area contributed by atoms with Crippen LogP contribution in [0.3, 0.4) is 0 Å². The third-order valence-electron chi connectivity index (χ3n) is 3.66. The molecule has 1 saturated heterocycles. The lowest BCUT2D eigenvalue weighted by molar-refractivity contribution is -0.0225. The monoisotopic (exact) mass is 310 g/mol. The Hall–Kier alpha value is -1.26. The number of benzene rings is 1. The third-order valence-corrected chi connectivity index (χ3v) is 3.89. The van der Waals surface area contributed by atoms with Gasteiger partial charge in [0.2, 0.25) is 0 Å². The Balaban J connectivity index is 2.18. The van der Waals surface area contributed by atoms with E-state index in [2.05, 4.69) is 19.2 Å². The number of nitrogens with zero attached hydrogens (tertiary/aromatic N) is 1. The zero-order chi connectivity index (χ0) is 15.2. The molecule has 21 heavy (non-hydrogen) atoms. The second-order valence-corrected chi connectivity index (χ2v) is 5.71. The van der Waals surface area contributed by atoms with Gasteiger partial charge in [0.15, 0.2) is 0 Å². The van der Waals surface area contributed by atoms with Gasteiger partial charge >= 0.3 is 0 Å². The van der Waals surface area contributed by atoms with Crippen LogP contribution >= 0.6 is 11.6 Å². The molecular weight excluding hydrogens is 288 g/mol. The summed E-state index contributed by atoms with van der Waals surface area (Å²) >= 11 is 6.07. The standard InChI is InChI=1S/C16H23ClN2O2/c1-3-7-18-15-6-5-12(17)10-14(15)16(20)19-8-9-21-13(4-2)11-19/h5-6,10,13,18H,3-4,7-9,11H2,1-2H3. The second kappa shape index (κ2) is 7.66. The van der Waals surface area contributed by atoms with Crippen LogP contribution in [0.25, 0.3) is 0 Å². The van der Waals surface area contributed by atoms with E-state index in [1.165, 1.54) is 0 Å². The molecule has 4 nitrogen and oxygen atoms in total. The van der Waals surface area contributed by atoms with Crippen LogP contribution in [-0.4, -0.2) is 43.2 Å². The molecule has 0 aliphatic carbocycles. The van der Waals surface area contributed by atoms with Crippen LogP contribution < -0.4 is 5.32 Å². The maximum absolute atomic E-state index is 12.8. The van der Waals surface area contributed by atoms with E-state index in [1.54, 1.807) is 6.07 Å². The molecule has 0 aromatic heterocycles. The summed E-state index contributed by atoms with van der Waals surface area (Å²) < 4.78 is 5.63. The SMILES string of the molecule is CCCNc1ccc(Cl)cc1C(=O)N1CCOC(CC)C1. The van der Waals surface area contributed by atoms with Gasteiger partial charge in [-0.05, 0) is 31.0 Å². The van der Waals surface area contributed by atoms with E-state index in [1.807, 2.05) is 17.0 Å². The molecule has 1 aliphatic heterocycles. The summed E-state index contributed by atoms with van der Waals surface area (Å²) in [7, 11) is 0. The van der Waals surface area contributed by atoms with Crippen LogP contribution in [0.2, 0.25) is 5.02 Å². The molecule has 0 radical (unpaired) electrons. The van der Waals surface area contributed by atoms with Crippen molar-refractivity contribution in [2.45, 2.75) is 32.8 Å². The van der Waals surface area contributed by atoms with Crippen molar-refractivity contribution in [3.8, 4) is 0 Å². The van der Waals surface area contributed by atoms with Gasteiger partial charge in [0.1, 0.15) is 0 Å². The lowest BCUT2D eigenvalue weighted by Gasteiger charge is -2.33. The Bertz CT molecular complexity index is 493. The minimum Gasteiger partial charge on any atom is -0.384 e. The van der Waals surface area contributed by atoms with Crippen molar-refractivity contribution in [3.05, 3.63) is 28.8 Å². The van der Waals surface area contributed by atoms with Gasteiger partial charge < -0.3 is 15.0 Å². The van der Waals surface area contributed by atoms with Crippen molar-refractivity contribution in [2.75, 3.05) is 31.6 Å². The van der Waals surface area contributed by atoms with Crippen LogP contribution in [0.5, 0.6) is 0 Å². The quantitative estimate of drug-likeness (QED) is 0.906. The molecule has 116 valence electrons. The van der Waals surface area contributed by atoms with Gasteiger partial charge in [-0.3, -0.25) is 4.79 Å². The lowest BCUT2D eigenvalue weighted by atomic mass is 10.1. The van der Waals surface area contributed by atoms with E-state index >= 15 is 0 Å². The normalized spacial score (nSPS) is 18.6. The lowest BCUT2D eigenvalue weighted by Crippen LogP contribution is -2.45. The first kappa shape index (κ1) is 16.1. The fourth-order valence-electron chi connectivity index (χ4n) is 2.43. The van der Waals surface area contributed by atoms with Crippen LogP contribution in [0, 0.1) is 0 Å². The minimum atomic E-state index is 0.0258. The second-order valence-electron chi connectivity index (χ2n) is 5.27. The van der Waals surface area contributed by atoms with E-state index in [-0.39, 0.29) is 12.0 Å². The van der Waals surface area contributed by atoms with Gasteiger partial charge in [0, 0.05) is 30.3 Å². The molecule has 1 amide bonds.